The van der Waals surface area contributed by atoms with E-state index in [9.17, 15) is 4.79 Å². The average molecular weight is 167 g/mol. The molecule has 0 aromatic rings. The van der Waals surface area contributed by atoms with Crippen LogP contribution in [-0.2, 0) is 4.79 Å². The highest BCUT2D eigenvalue weighted by Crippen LogP contribution is 2.29. The highest BCUT2D eigenvalue weighted by Gasteiger charge is 2.36. The Morgan fingerprint density at radius 3 is 3.08 bits per heavy atom. The summed E-state index contributed by atoms with van der Waals surface area (Å²) in [5.41, 5.74) is 0. The number of hydrogen-bond donors (Lipinski definition) is 2. The number of rotatable bonds is 1. The molecule has 0 radical (unpaired) electrons. The van der Waals surface area contributed by atoms with E-state index in [0.29, 0.717) is 12.0 Å². The van der Waals surface area contributed by atoms with E-state index < -0.39 is 5.97 Å². The van der Waals surface area contributed by atoms with Crippen LogP contribution in [-0.4, -0.2) is 23.2 Å². The second-order valence-electron chi connectivity index (χ2n) is 3.58. The third-order valence-corrected chi connectivity index (χ3v) is 2.79. The Hall–Kier alpha value is -0.830. The van der Waals surface area contributed by atoms with Crippen molar-refractivity contribution in [3.8, 4) is 0 Å². The zero-order valence-corrected chi connectivity index (χ0v) is 6.86. The number of allylic oxidation sites excluding steroid dienone is 1. The third kappa shape index (κ3) is 1.25. The van der Waals surface area contributed by atoms with E-state index in [0.717, 1.165) is 19.3 Å². The van der Waals surface area contributed by atoms with Crippen LogP contribution in [0.3, 0.4) is 0 Å². The van der Waals surface area contributed by atoms with Gasteiger partial charge in [-0.25, -0.2) is 0 Å². The van der Waals surface area contributed by atoms with Crippen molar-refractivity contribution in [2.45, 2.75) is 31.3 Å². The van der Waals surface area contributed by atoms with Crippen molar-refractivity contribution in [1.82, 2.24) is 5.32 Å². The Morgan fingerprint density at radius 2 is 2.42 bits per heavy atom. The number of carboxylic acid groups (broad SMARTS) is 1. The maximum atomic E-state index is 10.7. The van der Waals surface area contributed by atoms with Crippen molar-refractivity contribution in [2.24, 2.45) is 5.92 Å². The van der Waals surface area contributed by atoms with E-state index in [1.165, 1.54) is 0 Å². The predicted molar refractivity (Wildman–Crippen MR) is 44.8 cm³/mol. The van der Waals surface area contributed by atoms with Gasteiger partial charge in [0.25, 0.3) is 0 Å². The lowest BCUT2D eigenvalue weighted by molar-refractivity contribution is -0.139. The summed E-state index contributed by atoms with van der Waals surface area (Å²) < 4.78 is 0. The molecule has 1 fully saturated rings. The summed E-state index contributed by atoms with van der Waals surface area (Å²) in [5.74, 6) is -0.158. The number of fused-ring (bicyclic) bond motifs is 1. The van der Waals surface area contributed by atoms with Gasteiger partial charge >= 0.3 is 5.97 Å². The van der Waals surface area contributed by atoms with Crippen LogP contribution in [0.4, 0.5) is 0 Å². The monoisotopic (exact) mass is 167 g/mol. The largest absolute Gasteiger partial charge is 0.480 e. The normalized spacial score (nSPS) is 39.5. The molecule has 2 rings (SSSR count). The quantitative estimate of drug-likeness (QED) is 0.567. The van der Waals surface area contributed by atoms with Crippen molar-refractivity contribution < 1.29 is 9.90 Å². The zero-order chi connectivity index (χ0) is 8.55. The van der Waals surface area contributed by atoms with Gasteiger partial charge in [0.2, 0.25) is 0 Å². The summed E-state index contributed by atoms with van der Waals surface area (Å²) in [7, 11) is 0. The lowest BCUT2D eigenvalue weighted by atomic mass is 9.90. The predicted octanol–water partition coefficient (Wildman–Crippen LogP) is 0.768. The van der Waals surface area contributed by atoms with Gasteiger partial charge < -0.3 is 5.11 Å². The minimum absolute atomic E-state index is 0.317. The van der Waals surface area contributed by atoms with Gasteiger partial charge in [-0.2, -0.15) is 0 Å². The van der Waals surface area contributed by atoms with Crippen LogP contribution >= 0.6 is 0 Å². The van der Waals surface area contributed by atoms with Crippen LogP contribution in [0.2, 0.25) is 0 Å². The number of aliphatic carboxylic acids is 1. The molecule has 1 aliphatic heterocycles. The molecular formula is C9H13NO2. The molecule has 66 valence electrons. The number of carbonyl (C=O) groups is 1. The molecule has 3 nitrogen and oxygen atoms in total. The Morgan fingerprint density at radius 1 is 1.58 bits per heavy atom. The summed E-state index contributed by atoms with van der Waals surface area (Å²) >= 11 is 0. The summed E-state index contributed by atoms with van der Waals surface area (Å²) in [6.45, 7) is 0. The molecule has 2 aliphatic rings. The van der Waals surface area contributed by atoms with Crippen molar-refractivity contribution in [3.63, 3.8) is 0 Å². The highest BCUT2D eigenvalue weighted by atomic mass is 16.4. The first kappa shape index (κ1) is 7.80. The molecule has 0 bridgehead atoms. The zero-order valence-electron chi connectivity index (χ0n) is 6.86. The molecule has 0 aromatic heterocycles. The van der Waals surface area contributed by atoms with Crippen molar-refractivity contribution in [1.29, 1.82) is 0 Å². The first-order valence-corrected chi connectivity index (χ1v) is 4.43. The molecule has 3 atom stereocenters. The third-order valence-electron chi connectivity index (χ3n) is 2.79. The average Bonchev–Trinajstić information content (AvgIpc) is 2.46. The van der Waals surface area contributed by atoms with Gasteiger partial charge in [-0.1, -0.05) is 12.2 Å². The van der Waals surface area contributed by atoms with Gasteiger partial charge in [0.05, 0.1) is 0 Å². The van der Waals surface area contributed by atoms with Crippen LogP contribution in [0.5, 0.6) is 0 Å². The fourth-order valence-corrected chi connectivity index (χ4v) is 2.12. The second kappa shape index (κ2) is 2.90. The van der Waals surface area contributed by atoms with Gasteiger partial charge in [0.15, 0.2) is 0 Å². The molecular weight excluding hydrogens is 154 g/mol. The van der Waals surface area contributed by atoms with E-state index in [-0.39, 0.29) is 6.04 Å². The van der Waals surface area contributed by atoms with Gasteiger partial charge in [-0.15, -0.1) is 0 Å². The topological polar surface area (TPSA) is 49.3 Å². The highest BCUT2D eigenvalue weighted by molar-refractivity contribution is 5.74. The van der Waals surface area contributed by atoms with Crippen molar-refractivity contribution >= 4 is 5.97 Å². The molecule has 0 aromatic carbocycles. The second-order valence-corrected chi connectivity index (χ2v) is 3.58. The standard InChI is InChI=1S/C9H13NO2/c11-9(12)8-5-6-3-1-2-4-7(6)10-8/h2,4,6-8,10H,1,3,5H2,(H,11,12)/t6-,7?,8+/m1/s1. The molecule has 3 heteroatoms. The molecule has 0 spiro atoms. The van der Waals surface area contributed by atoms with Crippen LogP contribution in [0.15, 0.2) is 12.2 Å². The molecule has 1 aliphatic carbocycles. The maximum absolute atomic E-state index is 10.7. The van der Waals surface area contributed by atoms with Crippen molar-refractivity contribution in [2.75, 3.05) is 0 Å². The van der Waals surface area contributed by atoms with Gasteiger partial charge in [0.1, 0.15) is 6.04 Å². The molecule has 1 unspecified atom stereocenters. The SMILES string of the molecule is O=C(O)[C@@H]1C[C@H]2CCC=CC2N1. The Labute approximate surface area is 71.5 Å². The summed E-state index contributed by atoms with van der Waals surface area (Å²) in [4.78, 5) is 10.7. The fraction of sp³-hybridized carbons (Fsp3) is 0.667. The van der Waals surface area contributed by atoms with E-state index in [1.807, 2.05) is 0 Å². The first-order chi connectivity index (χ1) is 5.77. The summed E-state index contributed by atoms with van der Waals surface area (Å²) in [5, 5.41) is 11.9. The van der Waals surface area contributed by atoms with Crippen molar-refractivity contribution in [3.05, 3.63) is 12.2 Å². The maximum Gasteiger partial charge on any atom is 0.320 e. The van der Waals surface area contributed by atoms with E-state index in [1.54, 1.807) is 0 Å². The summed E-state index contributed by atoms with van der Waals surface area (Å²) in [6, 6.07) is 0.00241. The van der Waals surface area contributed by atoms with Crippen LogP contribution in [0, 0.1) is 5.92 Å². The van der Waals surface area contributed by atoms with Gasteiger partial charge in [-0.3, -0.25) is 10.1 Å². The first-order valence-electron chi connectivity index (χ1n) is 4.43. The number of carboxylic acids is 1. The van der Waals surface area contributed by atoms with E-state index in [2.05, 4.69) is 17.5 Å². The lowest BCUT2D eigenvalue weighted by Gasteiger charge is -2.18. The summed E-state index contributed by atoms with van der Waals surface area (Å²) in [6.07, 6.45) is 7.28. The molecule has 2 N–H and O–H groups in total. The Bertz CT molecular complexity index is 225. The molecule has 0 amide bonds. The molecule has 1 heterocycles. The number of nitrogens with one attached hydrogen (secondary N) is 1. The minimum Gasteiger partial charge on any atom is -0.480 e. The van der Waals surface area contributed by atoms with Crippen LogP contribution in [0.1, 0.15) is 19.3 Å². The van der Waals surface area contributed by atoms with E-state index >= 15 is 0 Å². The van der Waals surface area contributed by atoms with Crippen LogP contribution < -0.4 is 5.32 Å². The molecule has 1 saturated heterocycles. The smallest absolute Gasteiger partial charge is 0.320 e. The Kier molecular flexibility index (Phi) is 1.89. The minimum atomic E-state index is -0.710. The molecule has 0 saturated carbocycles. The number of hydrogen-bond acceptors (Lipinski definition) is 2. The molecule has 12 heavy (non-hydrogen) atoms. The fourth-order valence-electron chi connectivity index (χ4n) is 2.12. The van der Waals surface area contributed by atoms with E-state index in [4.69, 9.17) is 5.11 Å². The lowest BCUT2D eigenvalue weighted by Crippen LogP contribution is -2.35. The van der Waals surface area contributed by atoms with Gasteiger partial charge in [-0.05, 0) is 25.2 Å². The van der Waals surface area contributed by atoms with Crippen LogP contribution in [0.25, 0.3) is 0 Å². The van der Waals surface area contributed by atoms with Gasteiger partial charge in [0, 0.05) is 6.04 Å². The Balaban J connectivity index is 2.05.